The lowest BCUT2D eigenvalue weighted by atomic mass is 9.95. The minimum atomic E-state index is -0.0560. The second-order valence-corrected chi connectivity index (χ2v) is 7.65. The van der Waals surface area contributed by atoms with Crippen molar-refractivity contribution >= 4 is 29.0 Å². The van der Waals surface area contributed by atoms with Gasteiger partial charge in [-0.3, -0.25) is 4.99 Å². The topological polar surface area (TPSA) is 33.6 Å². The molecule has 1 N–H and O–H groups in total. The molecule has 3 aromatic rings. The zero-order chi connectivity index (χ0) is 19.5. The Morgan fingerprint density at radius 1 is 0.893 bits per heavy atom. The number of hydrogen-bond donors (Lipinski definition) is 1. The first kappa shape index (κ1) is 19.0. The molecular weight excluding hydrogens is 391 g/mol. The van der Waals surface area contributed by atoms with E-state index in [-0.39, 0.29) is 12.1 Å². The number of ether oxygens (including phenoxy) is 1. The lowest BCUT2D eigenvalue weighted by Crippen LogP contribution is -2.25. The molecule has 2 unspecified atom stereocenters. The van der Waals surface area contributed by atoms with Gasteiger partial charge in [-0.2, -0.15) is 0 Å². The SMILES string of the molecule is COCc1cccc(C2=NC(c3ccc(Cl)cc3)C(c3ccc(Cl)cc3)N2)c1. The fourth-order valence-corrected chi connectivity index (χ4v) is 3.72. The molecular formula is C23H20Cl2N2O. The van der Waals surface area contributed by atoms with Crippen molar-refractivity contribution in [3.8, 4) is 0 Å². The first-order chi connectivity index (χ1) is 13.6. The van der Waals surface area contributed by atoms with Gasteiger partial charge in [0.15, 0.2) is 0 Å². The van der Waals surface area contributed by atoms with Gasteiger partial charge in [-0.05, 0) is 47.0 Å². The van der Waals surface area contributed by atoms with E-state index in [2.05, 4.69) is 23.5 Å². The van der Waals surface area contributed by atoms with E-state index < -0.39 is 0 Å². The fraction of sp³-hybridized carbons (Fsp3) is 0.174. The summed E-state index contributed by atoms with van der Waals surface area (Å²) >= 11 is 12.2. The van der Waals surface area contributed by atoms with Crippen LogP contribution in [0, 0.1) is 0 Å². The molecule has 4 rings (SSSR count). The fourth-order valence-electron chi connectivity index (χ4n) is 3.47. The Labute approximate surface area is 175 Å². The van der Waals surface area contributed by atoms with E-state index in [1.807, 2.05) is 54.6 Å². The average molecular weight is 411 g/mol. The Kier molecular flexibility index (Phi) is 5.67. The third-order valence-corrected chi connectivity index (χ3v) is 5.33. The molecule has 1 aliphatic rings. The molecule has 2 atom stereocenters. The largest absolute Gasteiger partial charge is 0.380 e. The molecule has 0 aromatic heterocycles. The Morgan fingerprint density at radius 2 is 1.54 bits per heavy atom. The van der Waals surface area contributed by atoms with Crippen molar-refractivity contribution in [3.63, 3.8) is 0 Å². The molecule has 0 amide bonds. The molecule has 1 aliphatic heterocycles. The number of amidine groups is 1. The van der Waals surface area contributed by atoms with Gasteiger partial charge in [0.2, 0.25) is 0 Å². The van der Waals surface area contributed by atoms with Crippen molar-refractivity contribution in [2.45, 2.75) is 18.7 Å². The number of hydrogen-bond acceptors (Lipinski definition) is 3. The molecule has 0 fully saturated rings. The normalized spacial score (nSPS) is 18.6. The van der Waals surface area contributed by atoms with Gasteiger partial charge in [0.25, 0.3) is 0 Å². The quantitative estimate of drug-likeness (QED) is 0.561. The summed E-state index contributed by atoms with van der Waals surface area (Å²) in [7, 11) is 1.70. The minimum absolute atomic E-state index is 0.0134. The van der Waals surface area contributed by atoms with E-state index in [0.29, 0.717) is 11.6 Å². The number of halogens is 2. The number of rotatable bonds is 5. The smallest absolute Gasteiger partial charge is 0.129 e. The molecule has 0 saturated heterocycles. The summed E-state index contributed by atoms with van der Waals surface area (Å²) in [5.41, 5.74) is 4.41. The summed E-state index contributed by atoms with van der Waals surface area (Å²) in [6, 6.07) is 24.0. The van der Waals surface area contributed by atoms with Crippen LogP contribution in [0.3, 0.4) is 0 Å². The Balaban J connectivity index is 1.72. The highest BCUT2D eigenvalue weighted by Crippen LogP contribution is 2.37. The predicted octanol–water partition coefficient (Wildman–Crippen LogP) is 5.97. The summed E-state index contributed by atoms with van der Waals surface area (Å²) in [5.74, 6) is 0.873. The Morgan fingerprint density at radius 3 is 2.18 bits per heavy atom. The molecule has 0 radical (unpaired) electrons. The summed E-state index contributed by atoms with van der Waals surface area (Å²) in [5, 5.41) is 5.05. The van der Waals surface area contributed by atoms with Gasteiger partial charge in [0.1, 0.15) is 11.9 Å². The number of nitrogens with zero attached hydrogens (tertiary/aromatic N) is 1. The Hall–Kier alpha value is -2.33. The molecule has 0 bridgehead atoms. The molecule has 0 aliphatic carbocycles. The highest BCUT2D eigenvalue weighted by molar-refractivity contribution is 6.30. The molecule has 142 valence electrons. The van der Waals surface area contributed by atoms with E-state index in [1.54, 1.807) is 7.11 Å². The third kappa shape index (κ3) is 4.07. The van der Waals surface area contributed by atoms with Crippen molar-refractivity contribution in [1.29, 1.82) is 0 Å². The van der Waals surface area contributed by atoms with Crippen LogP contribution in [0.1, 0.15) is 34.3 Å². The lowest BCUT2D eigenvalue weighted by molar-refractivity contribution is 0.185. The van der Waals surface area contributed by atoms with Crippen LogP contribution in [0.5, 0.6) is 0 Å². The number of benzene rings is 3. The number of aliphatic imine (C=N–C) groups is 1. The monoisotopic (exact) mass is 410 g/mol. The molecule has 0 spiro atoms. The maximum absolute atomic E-state index is 6.09. The molecule has 0 saturated carbocycles. The van der Waals surface area contributed by atoms with Crippen molar-refractivity contribution < 1.29 is 4.74 Å². The molecule has 1 heterocycles. The molecule has 28 heavy (non-hydrogen) atoms. The molecule has 3 aromatic carbocycles. The molecule has 3 nitrogen and oxygen atoms in total. The minimum Gasteiger partial charge on any atom is -0.380 e. The van der Waals surface area contributed by atoms with Gasteiger partial charge >= 0.3 is 0 Å². The summed E-state index contributed by atoms with van der Waals surface area (Å²) < 4.78 is 5.26. The third-order valence-electron chi connectivity index (χ3n) is 4.83. The van der Waals surface area contributed by atoms with Gasteiger partial charge in [0.05, 0.1) is 12.6 Å². The Bertz CT molecular complexity index is 984. The second kappa shape index (κ2) is 8.36. The lowest BCUT2D eigenvalue weighted by Gasteiger charge is -2.20. The number of methoxy groups -OCH3 is 1. The van der Waals surface area contributed by atoms with Crippen molar-refractivity contribution in [2.75, 3.05) is 7.11 Å². The van der Waals surface area contributed by atoms with Crippen molar-refractivity contribution in [1.82, 2.24) is 5.32 Å². The first-order valence-corrected chi connectivity index (χ1v) is 9.83. The molecule has 5 heteroatoms. The zero-order valence-corrected chi connectivity index (χ0v) is 16.9. The van der Waals surface area contributed by atoms with Crippen LogP contribution >= 0.6 is 23.2 Å². The maximum Gasteiger partial charge on any atom is 0.129 e. The van der Waals surface area contributed by atoms with Gasteiger partial charge in [0, 0.05) is 22.7 Å². The van der Waals surface area contributed by atoms with Crippen LogP contribution in [-0.2, 0) is 11.3 Å². The zero-order valence-electron chi connectivity index (χ0n) is 15.4. The van der Waals surface area contributed by atoms with E-state index in [4.69, 9.17) is 32.9 Å². The van der Waals surface area contributed by atoms with Crippen LogP contribution in [-0.4, -0.2) is 12.9 Å². The summed E-state index contributed by atoms with van der Waals surface area (Å²) in [6.45, 7) is 0.572. The van der Waals surface area contributed by atoms with E-state index in [9.17, 15) is 0 Å². The number of nitrogens with one attached hydrogen (secondary N) is 1. The van der Waals surface area contributed by atoms with E-state index in [1.165, 1.54) is 0 Å². The first-order valence-electron chi connectivity index (χ1n) is 9.07. The van der Waals surface area contributed by atoms with Crippen LogP contribution in [0.2, 0.25) is 10.0 Å². The van der Waals surface area contributed by atoms with Crippen LogP contribution < -0.4 is 5.32 Å². The summed E-state index contributed by atoms with van der Waals surface area (Å²) in [6.07, 6.45) is 0. The van der Waals surface area contributed by atoms with E-state index in [0.717, 1.165) is 33.1 Å². The highest BCUT2D eigenvalue weighted by atomic mass is 35.5. The summed E-state index contributed by atoms with van der Waals surface area (Å²) in [4.78, 5) is 5.03. The highest BCUT2D eigenvalue weighted by Gasteiger charge is 2.31. The van der Waals surface area contributed by atoms with Crippen LogP contribution in [0.15, 0.2) is 77.8 Å². The predicted molar refractivity (Wildman–Crippen MR) is 115 cm³/mol. The van der Waals surface area contributed by atoms with Gasteiger partial charge in [-0.1, -0.05) is 65.7 Å². The van der Waals surface area contributed by atoms with Crippen molar-refractivity contribution in [3.05, 3.63) is 105 Å². The van der Waals surface area contributed by atoms with Gasteiger partial charge in [-0.25, -0.2) is 0 Å². The van der Waals surface area contributed by atoms with Crippen molar-refractivity contribution in [2.24, 2.45) is 4.99 Å². The van der Waals surface area contributed by atoms with E-state index >= 15 is 0 Å². The van der Waals surface area contributed by atoms with Crippen LogP contribution in [0.25, 0.3) is 0 Å². The van der Waals surface area contributed by atoms with Crippen LogP contribution in [0.4, 0.5) is 0 Å². The van der Waals surface area contributed by atoms with Gasteiger partial charge < -0.3 is 10.1 Å². The standard InChI is InChI=1S/C23H20Cl2N2O/c1-28-14-15-3-2-4-18(13-15)23-26-21(16-5-9-19(24)10-6-16)22(27-23)17-7-11-20(25)12-8-17/h2-13,21-22H,14H2,1H3,(H,26,27). The average Bonchev–Trinajstić information content (AvgIpc) is 3.15. The second-order valence-electron chi connectivity index (χ2n) is 6.78. The van der Waals surface area contributed by atoms with Gasteiger partial charge in [-0.15, -0.1) is 0 Å². The maximum atomic E-state index is 6.09.